The van der Waals surface area contributed by atoms with Crippen LogP contribution < -0.4 is 4.74 Å². The van der Waals surface area contributed by atoms with Gasteiger partial charge in [-0.2, -0.15) is 0 Å². The van der Waals surface area contributed by atoms with E-state index < -0.39 is 11.6 Å². The van der Waals surface area contributed by atoms with E-state index >= 15 is 8.78 Å². The van der Waals surface area contributed by atoms with Gasteiger partial charge in [0.1, 0.15) is 29.8 Å². The molecule has 7 nitrogen and oxygen atoms in total. The molecule has 1 aliphatic rings. The molecule has 1 atom stereocenters. The fourth-order valence-corrected chi connectivity index (χ4v) is 6.69. The first-order valence-electron chi connectivity index (χ1n) is 15.6. The Morgan fingerprint density at radius 2 is 1.55 bits per heavy atom. The van der Waals surface area contributed by atoms with E-state index in [-0.39, 0.29) is 55.2 Å². The predicted octanol–water partition coefficient (Wildman–Crippen LogP) is 7.43. The molecule has 0 amide bonds. The van der Waals surface area contributed by atoms with Gasteiger partial charge >= 0.3 is 0 Å². The summed E-state index contributed by atoms with van der Waals surface area (Å²) in [5, 5.41) is 9.93. The van der Waals surface area contributed by atoms with Crippen LogP contribution >= 0.6 is 23.4 Å². The highest BCUT2D eigenvalue weighted by Crippen LogP contribution is 2.42. The number of hydrogen-bond acceptors (Lipinski definition) is 7. The molecule has 12 heteroatoms. The van der Waals surface area contributed by atoms with Gasteiger partial charge in [0.05, 0.1) is 57.6 Å². The number of halogens is 4. The number of benzene rings is 3. The summed E-state index contributed by atoms with van der Waals surface area (Å²) in [6.07, 6.45) is 2.61. The van der Waals surface area contributed by atoms with E-state index in [9.17, 15) is 4.39 Å². The molecule has 0 spiro atoms. The van der Waals surface area contributed by atoms with Gasteiger partial charge in [-0.1, -0.05) is 35.5 Å². The van der Waals surface area contributed by atoms with Crippen molar-refractivity contribution in [1.29, 1.82) is 0 Å². The number of aliphatic hydroxyl groups is 1. The smallest absolute Gasteiger partial charge is 0.173 e. The summed E-state index contributed by atoms with van der Waals surface area (Å²) < 4.78 is 67.7. The molecule has 1 aromatic heterocycles. The zero-order valence-corrected chi connectivity index (χ0v) is 27.7. The van der Waals surface area contributed by atoms with Gasteiger partial charge < -0.3 is 24.1 Å². The van der Waals surface area contributed by atoms with Crippen LogP contribution in [0, 0.1) is 24.4 Å². The molecule has 252 valence electrons. The summed E-state index contributed by atoms with van der Waals surface area (Å²) in [7, 11) is 0. The van der Waals surface area contributed by atoms with Crippen molar-refractivity contribution in [2.45, 2.75) is 43.0 Å². The Kier molecular flexibility index (Phi) is 13.0. The third-order valence-corrected chi connectivity index (χ3v) is 9.19. The largest absolute Gasteiger partial charge is 0.491 e. The maximum atomic E-state index is 15.2. The molecule has 0 bridgehead atoms. The molecule has 0 saturated heterocycles. The second-order valence-electron chi connectivity index (χ2n) is 11.1. The fourth-order valence-electron chi connectivity index (χ4n) is 5.51. The predicted molar refractivity (Wildman–Crippen MR) is 175 cm³/mol. The number of hydrogen-bond donors (Lipinski definition) is 1. The molecule has 0 aliphatic heterocycles. The van der Waals surface area contributed by atoms with E-state index in [0.717, 1.165) is 47.5 Å². The summed E-state index contributed by atoms with van der Waals surface area (Å²) in [6, 6.07) is 14.5. The van der Waals surface area contributed by atoms with Crippen LogP contribution in [-0.4, -0.2) is 67.5 Å². The highest BCUT2D eigenvalue weighted by atomic mass is 35.5. The zero-order valence-electron chi connectivity index (χ0n) is 26.2. The van der Waals surface area contributed by atoms with E-state index in [1.165, 1.54) is 36.0 Å². The van der Waals surface area contributed by atoms with Crippen LogP contribution in [0.3, 0.4) is 0 Å². The number of imidazole rings is 1. The molecule has 1 heterocycles. The minimum absolute atomic E-state index is 0.00605. The number of aromatic nitrogens is 2. The number of ether oxygens (including phenoxy) is 4. The van der Waals surface area contributed by atoms with Crippen molar-refractivity contribution < 1.29 is 37.2 Å². The van der Waals surface area contributed by atoms with Gasteiger partial charge in [0.15, 0.2) is 5.16 Å². The summed E-state index contributed by atoms with van der Waals surface area (Å²) in [6.45, 7) is 4.02. The van der Waals surface area contributed by atoms with Crippen molar-refractivity contribution in [3.63, 3.8) is 0 Å². The van der Waals surface area contributed by atoms with E-state index in [1.54, 1.807) is 12.1 Å². The Bertz CT molecular complexity index is 1600. The van der Waals surface area contributed by atoms with Gasteiger partial charge in [-0.25, -0.2) is 18.2 Å². The van der Waals surface area contributed by atoms with E-state index in [1.807, 2.05) is 23.6 Å². The normalized spacial score (nSPS) is 14.4. The molecule has 47 heavy (non-hydrogen) atoms. The number of rotatable bonds is 17. The first-order valence-corrected chi connectivity index (χ1v) is 16.9. The maximum absolute atomic E-state index is 15.2. The molecule has 3 aromatic carbocycles. The second-order valence-corrected chi connectivity index (χ2v) is 12.4. The zero-order chi connectivity index (χ0) is 33.2. The summed E-state index contributed by atoms with van der Waals surface area (Å²) in [5.41, 5.74) is 4.65. The third-order valence-electron chi connectivity index (χ3n) is 7.80. The van der Waals surface area contributed by atoms with Crippen LogP contribution in [0.15, 0.2) is 59.8 Å². The molecule has 5 rings (SSSR count). The van der Waals surface area contributed by atoms with Gasteiger partial charge in [-0.15, -0.1) is 0 Å². The van der Waals surface area contributed by atoms with Gasteiger partial charge in [0.25, 0.3) is 0 Å². The average Bonchev–Trinajstić information content (AvgIpc) is 3.43. The average molecular weight is 691 g/mol. The van der Waals surface area contributed by atoms with Crippen LogP contribution in [0.4, 0.5) is 13.2 Å². The lowest BCUT2D eigenvalue weighted by molar-refractivity contribution is 0.00358. The number of aryl methyl sites for hydroxylation is 2. The van der Waals surface area contributed by atoms with Crippen LogP contribution in [0.25, 0.3) is 5.69 Å². The molecule has 0 saturated carbocycles. The fraction of sp³-hybridized carbons (Fsp3) is 0.400. The van der Waals surface area contributed by atoms with Gasteiger partial charge in [0, 0.05) is 40.1 Å². The SMILES string of the molecule is Cc1cc(C2CCCc3nc(SCc4c(F)cc(OCCOCCOCCOCCO)cc4F)n(-c4ccc(F)cc4)c32)ccc1Cl. The quantitative estimate of drug-likeness (QED) is 0.0913. The van der Waals surface area contributed by atoms with Crippen molar-refractivity contribution in [3.8, 4) is 11.4 Å². The molecule has 1 N–H and O–H groups in total. The van der Waals surface area contributed by atoms with Crippen molar-refractivity contribution in [1.82, 2.24) is 9.55 Å². The van der Waals surface area contributed by atoms with Crippen LogP contribution in [-0.2, 0) is 26.4 Å². The first kappa shape index (κ1) is 35.3. The van der Waals surface area contributed by atoms with Crippen LogP contribution in [0.2, 0.25) is 5.02 Å². The van der Waals surface area contributed by atoms with Crippen LogP contribution in [0.1, 0.15) is 46.8 Å². The summed E-state index contributed by atoms with van der Waals surface area (Å²) in [4.78, 5) is 4.95. The Hall–Kier alpha value is -3.06. The minimum Gasteiger partial charge on any atom is -0.491 e. The molecule has 1 unspecified atom stereocenters. The lowest BCUT2D eigenvalue weighted by atomic mass is 9.83. The first-order chi connectivity index (χ1) is 22.9. The number of fused-ring (bicyclic) bond motifs is 1. The molecule has 0 radical (unpaired) electrons. The highest BCUT2D eigenvalue weighted by Gasteiger charge is 2.30. The molecule has 1 aliphatic carbocycles. The van der Waals surface area contributed by atoms with Crippen molar-refractivity contribution >= 4 is 23.4 Å². The molecule has 0 fully saturated rings. The Morgan fingerprint density at radius 1 is 0.894 bits per heavy atom. The summed E-state index contributed by atoms with van der Waals surface area (Å²) >= 11 is 7.56. The second kappa shape index (κ2) is 17.4. The standard InChI is InChI=1S/C35H38ClF3N2O5S/c1-23-19-24(5-10-30(23)36)28-3-2-4-33-34(28)41(26-8-6-25(37)7-9-26)35(40-33)47-22-29-31(38)20-27(21-32(29)39)46-18-17-45-16-15-44-14-13-43-12-11-42/h5-10,19-21,28,42H,2-4,11-18,22H2,1H3. The highest BCUT2D eigenvalue weighted by molar-refractivity contribution is 7.98. The lowest BCUT2D eigenvalue weighted by Crippen LogP contribution is -2.15. The topological polar surface area (TPSA) is 75.0 Å². The van der Waals surface area contributed by atoms with Crippen molar-refractivity contribution in [2.24, 2.45) is 0 Å². The monoisotopic (exact) mass is 690 g/mol. The van der Waals surface area contributed by atoms with Crippen LogP contribution in [0.5, 0.6) is 5.75 Å². The number of aliphatic hydroxyl groups excluding tert-OH is 1. The Morgan fingerprint density at radius 3 is 2.21 bits per heavy atom. The van der Waals surface area contributed by atoms with Gasteiger partial charge in [0.2, 0.25) is 0 Å². The van der Waals surface area contributed by atoms with Gasteiger partial charge in [-0.05, 0) is 67.6 Å². The summed E-state index contributed by atoms with van der Waals surface area (Å²) in [5.74, 6) is -1.70. The lowest BCUT2D eigenvalue weighted by Gasteiger charge is -2.25. The minimum atomic E-state index is -0.718. The molecular formula is C35H38ClF3N2O5S. The van der Waals surface area contributed by atoms with E-state index in [0.29, 0.717) is 36.6 Å². The van der Waals surface area contributed by atoms with Gasteiger partial charge in [-0.3, -0.25) is 4.57 Å². The third kappa shape index (κ3) is 9.31. The maximum Gasteiger partial charge on any atom is 0.173 e. The number of nitrogens with zero attached hydrogens (tertiary/aromatic N) is 2. The van der Waals surface area contributed by atoms with E-state index in [2.05, 4.69) is 6.07 Å². The molecule has 4 aromatic rings. The van der Waals surface area contributed by atoms with Crippen molar-refractivity contribution in [3.05, 3.63) is 105 Å². The Labute approximate surface area is 282 Å². The molecular weight excluding hydrogens is 653 g/mol. The van der Waals surface area contributed by atoms with Crippen molar-refractivity contribution in [2.75, 3.05) is 52.9 Å². The van der Waals surface area contributed by atoms with E-state index in [4.69, 9.17) is 40.6 Å². The number of thioether (sulfide) groups is 1. The Balaban J connectivity index is 1.25.